The van der Waals surface area contributed by atoms with Crippen LogP contribution in [0.4, 0.5) is 10.6 Å². The van der Waals surface area contributed by atoms with Gasteiger partial charge < -0.3 is 20.4 Å². The van der Waals surface area contributed by atoms with Crippen LogP contribution in [0.3, 0.4) is 0 Å². The normalized spacial score (nSPS) is 14.0. The van der Waals surface area contributed by atoms with Crippen molar-refractivity contribution in [3.8, 4) is 0 Å². The number of amides is 3. The van der Waals surface area contributed by atoms with Gasteiger partial charge in [-0.3, -0.25) is 4.79 Å². The lowest BCUT2D eigenvalue weighted by molar-refractivity contribution is 0.0828. The van der Waals surface area contributed by atoms with Crippen LogP contribution in [0.5, 0.6) is 0 Å². The van der Waals surface area contributed by atoms with Gasteiger partial charge in [0.05, 0.1) is 5.56 Å². The summed E-state index contributed by atoms with van der Waals surface area (Å²) in [5.41, 5.74) is 2.62. The Morgan fingerprint density at radius 1 is 1.19 bits per heavy atom. The summed E-state index contributed by atoms with van der Waals surface area (Å²) in [5, 5.41) is 6.28. The second-order valence-corrected chi connectivity index (χ2v) is 8.06. The van der Waals surface area contributed by atoms with E-state index < -0.39 is 0 Å². The maximum atomic E-state index is 12.6. The number of fused-ring (bicyclic) bond motifs is 1. The van der Waals surface area contributed by atoms with E-state index >= 15 is 0 Å². The number of hydrogen-bond acceptors (Lipinski definition) is 4. The largest absolute Gasteiger partial charge is 0.369 e. The molecule has 0 spiro atoms. The smallest absolute Gasteiger partial charge is 0.317 e. The molecule has 2 heterocycles. The first-order chi connectivity index (χ1) is 12.7. The van der Waals surface area contributed by atoms with E-state index in [0.717, 1.165) is 17.8 Å². The number of carbonyl (C=O) groups excluding carboxylic acids is 2. The molecule has 0 atom stereocenters. The van der Waals surface area contributed by atoms with Crippen molar-refractivity contribution in [3.05, 3.63) is 22.9 Å². The highest BCUT2D eigenvalue weighted by Gasteiger charge is 2.23. The van der Waals surface area contributed by atoms with Crippen LogP contribution in [0.15, 0.2) is 6.07 Å². The molecule has 0 unspecified atom stereocenters. The molecule has 0 aliphatic carbocycles. The van der Waals surface area contributed by atoms with Crippen LogP contribution in [0.25, 0.3) is 0 Å². The zero-order valence-corrected chi connectivity index (χ0v) is 17.4. The van der Waals surface area contributed by atoms with Gasteiger partial charge >= 0.3 is 6.03 Å². The minimum Gasteiger partial charge on any atom is -0.369 e. The summed E-state index contributed by atoms with van der Waals surface area (Å²) in [7, 11) is 3.50. The van der Waals surface area contributed by atoms with Crippen LogP contribution in [-0.2, 0) is 12.8 Å². The fraction of sp³-hybridized carbons (Fsp3) is 0.650. The lowest BCUT2D eigenvalue weighted by atomic mass is 10.0. The minimum absolute atomic E-state index is 0.0412. The quantitative estimate of drug-likeness (QED) is 0.828. The van der Waals surface area contributed by atoms with Gasteiger partial charge in [-0.25, -0.2) is 9.78 Å². The zero-order valence-electron chi connectivity index (χ0n) is 17.4. The topological polar surface area (TPSA) is 77.6 Å². The third kappa shape index (κ3) is 5.58. The summed E-state index contributed by atoms with van der Waals surface area (Å²) < 4.78 is 0. The number of aromatic nitrogens is 1. The van der Waals surface area contributed by atoms with E-state index in [0.29, 0.717) is 43.2 Å². The predicted octanol–water partition coefficient (Wildman–Crippen LogP) is 2.37. The zero-order chi connectivity index (χ0) is 20.1. The molecule has 2 rings (SSSR count). The fourth-order valence-electron chi connectivity index (χ4n) is 3.01. The monoisotopic (exact) mass is 375 g/mol. The van der Waals surface area contributed by atoms with Gasteiger partial charge in [-0.1, -0.05) is 13.8 Å². The molecule has 7 heteroatoms. The molecule has 0 aromatic carbocycles. The van der Waals surface area contributed by atoms with Crippen molar-refractivity contribution in [1.82, 2.24) is 20.1 Å². The summed E-state index contributed by atoms with van der Waals surface area (Å²) in [6.45, 7) is 10.2. The molecule has 1 aromatic heterocycles. The van der Waals surface area contributed by atoms with Gasteiger partial charge in [0, 0.05) is 51.9 Å². The van der Waals surface area contributed by atoms with Crippen molar-refractivity contribution < 1.29 is 9.59 Å². The Labute approximate surface area is 162 Å². The second kappa shape index (κ2) is 9.06. The van der Waals surface area contributed by atoms with Crippen LogP contribution in [-0.4, -0.2) is 66.5 Å². The third-order valence-corrected chi connectivity index (χ3v) is 4.47. The summed E-state index contributed by atoms with van der Waals surface area (Å²) in [6.07, 6.45) is 1.39. The molecular formula is C20H33N5O2. The molecule has 7 nitrogen and oxygen atoms in total. The second-order valence-electron chi connectivity index (χ2n) is 8.06. The highest BCUT2D eigenvalue weighted by atomic mass is 16.2. The van der Waals surface area contributed by atoms with Crippen molar-refractivity contribution in [1.29, 1.82) is 0 Å². The third-order valence-electron chi connectivity index (χ3n) is 4.47. The van der Waals surface area contributed by atoms with Crippen molar-refractivity contribution in [2.45, 2.75) is 46.6 Å². The molecule has 3 amide bonds. The molecule has 1 aromatic rings. The van der Waals surface area contributed by atoms with E-state index in [1.807, 2.05) is 24.8 Å². The van der Waals surface area contributed by atoms with Gasteiger partial charge in [-0.05, 0) is 37.8 Å². The molecule has 0 saturated carbocycles. The summed E-state index contributed by atoms with van der Waals surface area (Å²) in [4.78, 5) is 33.2. The maximum Gasteiger partial charge on any atom is 0.317 e. The van der Waals surface area contributed by atoms with Crippen molar-refractivity contribution >= 4 is 17.8 Å². The first-order valence-corrected chi connectivity index (χ1v) is 9.72. The molecule has 150 valence electrons. The number of nitrogens with zero attached hydrogens (tertiary/aromatic N) is 3. The van der Waals surface area contributed by atoms with Crippen molar-refractivity contribution in [2.75, 3.05) is 39.0 Å². The Morgan fingerprint density at radius 2 is 1.85 bits per heavy atom. The molecule has 27 heavy (non-hydrogen) atoms. The Hall–Kier alpha value is -2.31. The first kappa shape index (κ1) is 21.0. The highest BCUT2D eigenvalue weighted by molar-refractivity contribution is 5.98. The Kier molecular flexibility index (Phi) is 7.05. The molecule has 2 N–H and O–H groups in total. The van der Waals surface area contributed by atoms with E-state index in [2.05, 4.69) is 24.5 Å². The minimum atomic E-state index is -0.0600. The van der Waals surface area contributed by atoms with Gasteiger partial charge in [0.1, 0.15) is 5.82 Å². The SMILES string of the molecule is CC(C)CNc1nc2c(cc1C(=O)N(C)C)CCN(C(=O)NC(C)C)CC2. The average molecular weight is 376 g/mol. The standard InChI is InChI=1S/C20H33N5O2/c1-13(2)12-21-18-16(19(26)24(5)6)11-15-7-9-25(10-8-17(15)23-18)20(27)22-14(3)4/h11,13-14H,7-10,12H2,1-6H3,(H,21,23)(H,22,27). The van der Waals surface area contributed by atoms with Crippen LogP contribution in [0, 0.1) is 5.92 Å². The molecule has 1 aliphatic heterocycles. The Bertz CT molecular complexity index is 685. The lowest BCUT2D eigenvalue weighted by Crippen LogP contribution is -2.44. The predicted molar refractivity (Wildman–Crippen MR) is 108 cm³/mol. The molecule has 1 aliphatic rings. The molecule has 0 saturated heterocycles. The summed E-state index contributed by atoms with van der Waals surface area (Å²) >= 11 is 0. The van der Waals surface area contributed by atoms with E-state index in [-0.39, 0.29) is 18.0 Å². The number of pyridine rings is 1. The van der Waals surface area contributed by atoms with E-state index in [1.54, 1.807) is 19.0 Å². The van der Waals surface area contributed by atoms with E-state index in [4.69, 9.17) is 4.98 Å². The van der Waals surface area contributed by atoms with Crippen LogP contribution in [0.2, 0.25) is 0 Å². The van der Waals surface area contributed by atoms with E-state index in [9.17, 15) is 9.59 Å². The average Bonchev–Trinajstić information content (AvgIpc) is 2.79. The molecular weight excluding hydrogens is 342 g/mol. The lowest BCUT2D eigenvalue weighted by Gasteiger charge is -2.22. The number of anilines is 1. The van der Waals surface area contributed by atoms with Gasteiger partial charge in [-0.15, -0.1) is 0 Å². The number of nitrogens with one attached hydrogen (secondary N) is 2. The number of carbonyl (C=O) groups is 2. The van der Waals surface area contributed by atoms with Crippen molar-refractivity contribution in [2.24, 2.45) is 5.92 Å². The highest BCUT2D eigenvalue weighted by Crippen LogP contribution is 2.23. The van der Waals surface area contributed by atoms with Gasteiger partial charge in [0.2, 0.25) is 0 Å². The number of hydrogen-bond donors (Lipinski definition) is 2. The Balaban J connectivity index is 2.28. The van der Waals surface area contributed by atoms with Crippen LogP contribution in [0.1, 0.15) is 49.3 Å². The maximum absolute atomic E-state index is 12.6. The number of rotatable bonds is 5. The Morgan fingerprint density at radius 3 is 2.44 bits per heavy atom. The van der Waals surface area contributed by atoms with Crippen molar-refractivity contribution in [3.63, 3.8) is 0 Å². The number of urea groups is 1. The van der Waals surface area contributed by atoms with Gasteiger partial charge in [-0.2, -0.15) is 0 Å². The van der Waals surface area contributed by atoms with Crippen LogP contribution < -0.4 is 10.6 Å². The van der Waals surface area contributed by atoms with Gasteiger partial charge in [0.15, 0.2) is 0 Å². The summed E-state index contributed by atoms with van der Waals surface area (Å²) in [6, 6.07) is 2.02. The summed E-state index contributed by atoms with van der Waals surface area (Å²) in [5.74, 6) is 1.03. The van der Waals surface area contributed by atoms with Gasteiger partial charge in [0.25, 0.3) is 5.91 Å². The first-order valence-electron chi connectivity index (χ1n) is 9.72. The molecule has 0 bridgehead atoms. The van der Waals surface area contributed by atoms with Crippen LogP contribution >= 0.6 is 0 Å². The fourth-order valence-corrected chi connectivity index (χ4v) is 3.01. The molecule has 0 fully saturated rings. The van der Waals surface area contributed by atoms with E-state index in [1.165, 1.54) is 0 Å². The molecule has 0 radical (unpaired) electrons.